The monoisotopic (exact) mass is 235 g/mol. The first-order valence-electron chi connectivity index (χ1n) is 4.88. The summed E-state index contributed by atoms with van der Waals surface area (Å²) in [5.41, 5.74) is 0.925. The van der Waals surface area contributed by atoms with E-state index >= 15 is 0 Å². The summed E-state index contributed by atoms with van der Waals surface area (Å²) >= 11 is 0. The van der Waals surface area contributed by atoms with E-state index < -0.39 is 14.8 Å². The Labute approximate surface area is 92.8 Å². The van der Waals surface area contributed by atoms with Crippen molar-refractivity contribution < 1.29 is 13.2 Å². The molecule has 0 aromatic carbocycles. The maximum Gasteiger partial charge on any atom is 0.216 e. The first kappa shape index (κ1) is 14.6. The van der Waals surface area contributed by atoms with Crippen molar-refractivity contribution in [1.82, 2.24) is 4.72 Å². The largest absolute Gasteiger partial charge is 0.376 e. The Morgan fingerprint density at radius 1 is 1.40 bits per heavy atom. The second kappa shape index (κ2) is 5.63. The maximum atomic E-state index is 11.6. The van der Waals surface area contributed by atoms with E-state index in [9.17, 15) is 8.42 Å². The van der Waals surface area contributed by atoms with Gasteiger partial charge in [-0.25, -0.2) is 13.1 Å². The lowest BCUT2D eigenvalue weighted by Gasteiger charge is -2.19. The highest BCUT2D eigenvalue weighted by Gasteiger charge is 2.27. The molecule has 5 heteroatoms. The van der Waals surface area contributed by atoms with Gasteiger partial charge >= 0.3 is 0 Å². The van der Waals surface area contributed by atoms with Crippen LogP contribution in [0.15, 0.2) is 12.2 Å². The van der Waals surface area contributed by atoms with Gasteiger partial charge in [-0.05, 0) is 27.7 Å². The highest BCUT2D eigenvalue weighted by molar-refractivity contribution is 7.90. The predicted octanol–water partition coefficient (Wildman–Crippen LogP) is 1.30. The molecule has 0 unspecified atom stereocenters. The van der Waals surface area contributed by atoms with Crippen molar-refractivity contribution in [3.05, 3.63) is 12.2 Å². The molecule has 0 rings (SSSR count). The topological polar surface area (TPSA) is 55.4 Å². The predicted molar refractivity (Wildman–Crippen MR) is 62.3 cm³/mol. The fraction of sp³-hybridized carbons (Fsp3) is 0.800. The van der Waals surface area contributed by atoms with Gasteiger partial charge in [0.1, 0.15) is 0 Å². The third-order valence-electron chi connectivity index (χ3n) is 1.69. The summed E-state index contributed by atoms with van der Waals surface area (Å²) in [6.07, 6.45) is 0. The molecule has 0 heterocycles. The smallest absolute Gasteiger partial charge is 0.216 e. The second-order valence-corrected chi connectivity index (χ2v) is 7.04. The van der Waals surface area contributed by atoms with Crippen molar-refractivity contribution in [2.45, 2.75) is 32.4 Å². The first-order chi connectivity index (χ1) is 6.67. The van der Waals surface area contributed by atoms with E-state index in [4.69, 9.17) is 4.74 Å². The van der Waals surface area contributed by atoms with Gasteiger partial charge in [0.25, 0.3) is 0 Å². The number of rotatable bonds is 6. The third-order valence-corrected chi connectivity index (χ3v) is 3.89. The van der Waals surface area contributed by atoms with E-state index in [0.29, 0.717) is 19.8 Å². The van der Waals surface area contributed by atoms with Crippen molar-refractivity contribution in [2.75, 3.05) is 19.8 Å². The summed E-state index contributed by atoms with van der Waals surface area (Å²) in [7, 11) is -3.25. The first-order valence-corrected chi connectivity index (χ1v) is 6.36. The van der Waals surface area contributed by atoms with Gasteiger partial charge in [-0.2, -0.15) is 0 Å². The summed E-state index contributed by atoms with van der Waals surface area (Å²) < 4.78 is 30.0. The fourth-order valence-corrected chi connectivity index (χ4v) is 1.50. The average Bonchev–Trinajstić information content (AvgIpc) is 2.00. The minimum absolute atomic E-state index is 0.298. The lowest BCUT2D eigenvalue weighted by molar-refractivity contribution is 0.162. The van der Waals surface area contributed by atoms with Gasteiger partial charge < -0.3 is 4.74 Å². The number of sulfonamides is 1. The van der Waals surface area contributed by atoms with Crippen molar-refractivity contribution in [2.24, 2.45) is 0 Å². The van der Waals surface area contributed by atoms with Crippen LogP contribution >= 0.6 is 0 Å². The Bertz CT molecular complexity index is 301. The molecule has 0 atom stereocenters. The molecule has 0 aliphatic carbocycles. The lowest BCUT2D eigenvalue weighted by atomic mass is 10.3. The molecule has 0 aromatic heterocycles. The number of ether oxygens (including phenoxy) is 1. The number of nitrogens with one attached hydrogen (secondary N) is 1. The van der Waals surface area contributed by atoms with E-state index in [1.807, 2.05) is 6.92 Å². The van der Waals surface area contributed by atoms with E-state index in [2.05, 4.69) is 11.3 Å². The SMILES string of the molecule is C=C(C)COCCNS(=O)(=O)C(C)(C)C. The fourth-order valence-electron chi connectivity index (χ4n) is 0.711. The molecule has 0 saturated carbocycles. The molecule has 1 N–H and O–H groups in total. The quantitative estimate of drug-likeness (QED) is 0.557. The van der Waals surface area contributed by atoms with Crippen LogP contribution in [0.5, 0.6) is 0 Å². The van der Waals surface area contributed by atoms with Crippen molar-refractivity contribution in [1.29, 1.82) is 0 Å². The van der Waals surface area contributed by atoms with Gasteiger partial charge in [-0.1, -0.05) is 12.2 Å². The minimum Gasteiger partial charge on any atom is -0.376 e. The molecule has 0 amide bonds. The zero-order valence-electron chi connectivity index (χ0n) is 9.96. The van der Waals surface area contributed by atoms with Crippen molar-refractivity contribution >= 4 is 10.0 Å². The minimum atomic E-state index is -3.25. The summed E-state index contributed by atoms with van der Waals surface area (Å²) in [4.78, 5) is 0. The molecule has 0 aliphatic rings. The summed E-state index contributed by atoms with van der Waals surface area (Å²) in [6, 6.07) is 0. The van der Waals surface area contributed by atoms with Crippen LogP contribution in [0.25, 0.3) is 0 Å². The maximum absolute atomic E-state index is 11.6. The zero-order chi connectivity index (χ0) is 12.1. The van der Waals surface area contributed by atoms with Crippen LogP contribution in [0, 0.1) is 0 Å². The molecule has 0 spiro atoms. The summed E-state index contributed by atoms with van der Waals surface area (Å²) in [5.74, 6) is 0. The average molecular weight is 235 g/mol. The highest BCUT2D eigenvalue weighted by Crippen LogP contribution is 2.12. The Hall–Kier alpha value is -0.390. The van der Waals surface area contributed by atoms with Crippen LogP contribution in [0.3, 0.4) is 0 Å². The highest BCUT2D eigenvalue weighted by atomic mass is 32.2. The van der Waals surface area contributed by atoms with Gasteiger partial charge in [0.2, 0.25) is 10.0 Å². The Morgan fingerprint density at radius 3 is 2.33 bits per heavy atom. The van der Waals surface area contributed by atoms with Crippen LogP contribution in [0.2, 0.25) is 0 Å². The van der Waals surface area contributed by atoms with Gasteiger partial charge in [0.05, 0.1) is 18.0 Å². The Kier molecular flexibility index (Phi) is 5.48. The second-order valence-electron chi connectivity index (χ2n) is 4.52. The number of hydrogen-bond donors (Lipinski definition) is 1. The Balaban J connectivity index is 3.83. The number of hydrogen-bond acceptors (Lipinski definition) is 3. The van der Waals surface area contributed by atoms with Crippen LogP contribution in [-0.2, 0) is 14.8 Å². The van der Waals surface area contributed by atoms with Gasteiger partial charge in [0.15, 0.2) is 0 Å². The standard InChI is InChI=1S/C10H21NO3S/c1-9(2)8-14-7-6-11-15(12,13)10(3,4)5/h11H,1,6-8H2,2-5H3. The van der Waals surface area contributed by atoms with Crippen LogP contribution in [-0.4, -0.2) is 32.9 Å². The van der Waals surface area contributed by atoms with E-state index in [1.165, 1.54) is 0 Å². The van der Waals surface area contributed by atoms with E-state index in [1.54, 1.807) is 20.8 Å². The molecule has 0 bridgehead atoms. The summed E-state index contributed by atoms with van der Waals surface area (Å²) in [6.45, 7) is 11.6. The third kappa shape index (κ3) is 5.92. The van der Waals surface area contributed by atoms with Crippen LogP contribution in [0.4, 0.5) is 0 Å². The molecule has 0 aliphatic heterocycles. The molecule has 0 saturated heterocycles. The van der Waals surface area contributed by atoms with Crippen LogP contribution < -0.4 is 4.72 Å². The molecule has 90 valence electrons. The molecular formula is C10H21NO3S. The Morgan fingerprint density at radius 2 is 1.93 bits per heavy atom. The molecule has 0 fully saturated rings. The van der Waals surface area contributed by atoms with Crippen molar-refractivity contribution in [3.63, 3.8) is 0 Å². The van der Waals surface area contributed by atoms with E-state index in [-0.39, 0.29) is 0 Å². The van der Waals surface area contributed by atoms with Gasteiger partial charge in [-0.3, -0.25) is 0 Å². The van der Waals surface area contributed by atoms with Crippen LogP contribution in [0.1, 0.15) is 27.7 Å². The lowest BCUT2D eigenvalue weighted by Crippen LogP contribution is -2.40. The molecule has 15 heavy (non-hydrogen) atoms. The van der Waals surface area contributed by atoms with Crippen molar-refractivity contribution in [3.8, 4) is 0 Å². The van der Waals surface area contributed by atoms with Gasteiger partial charge in [-0.15, -0.1) is 0 Å². The summed E-state index contributed by atoms with van der Waals surface area (Å²) in [5, 5.41) is 0. The molecule has 4 nitrogen and oxygen atoms in total. The van der Waals surface area contributed by atoms with E-state index in [0.717, 1.165) is 5.57 Å². The molecule has 0 radical (unpaired) electrons. The molecule has 0 aromatic rings. The zero-order valence-corrected chi connectivity index (χ0v) is 10.8. The normalized spacial score (nSPS) is 12.8. The van der Waals surface area contributed by atoms with Gasteiger partial charge in [0, 0.05) is 6.54 Å². The molecular weight excluding hydrogens is 214 g/mol.